The summed E-state index contributed by atoms with van der Waals surface area (Å²) in [6.07, 6.45) is -1.37. The molecular formula is C23H23ClF2N4O7S. The predicted octanol–water partition coefficient (Wildman–Crippen LogP) is 1.19. The van der Waals surface area contributed by atoms with Crippen molar-refractivity contribution in [3.05, 3.63) is 68.7 Å². The van der Waals surface area contributed by atoms with Crippen molar-refractivity contribution in [2.75, 3.05) is 32.6 Å². The molecule has 0 aliphatic carbocycles. The molecular weight excluding hydrogens is 550 g/mol. The number of benzene rings is 2. The van der Waals surface area contributed by atoms with Gasteiger partial charge in [-0.05, 0) is 36.9 Å². The molecule has 0 saturated carbocycles. The lowest BCUT2D eigenvalue weighted by molar-refractivity contribution is -0.135. The number of hydrogen-bond acceptors (Lipinski definition) is 8. The molecule has 2 atom stereocenters. The van der Waals surface area contributed by atoms with E-state index in [0.29, 0.717) is 5.56 Å². The molecule has 1 aliphatic rings. The molecule has 0 radical (unpaired) electrons. The summed E-state index contributed by atoms with van der Waals surface area (Å²) in [4.78, 5) is 29.7. The van der Waals surface area contributed by atoms with E-state index < -0.39 is 56.9 Å². The van der Waals surface area contributed by atoms with Crippen LogP contribution in [0.2, 0.25) is 5.02 Å². The van der Waals surface area contributed by atoms with Crippen molar-refractivity contribution in [3.63, 3.8) is 0 Å². The van der Waals surface area contributed by atoms with Gasteiger partial charge in [0.25, 0.3) is 11.5 Å². The first-order valence-corrected chi connectivity index (χ1v) is 13.3. The summed E-state index contributed by atoms with van der Waals surface area (Å²) < 4.78 is 71.7. The predicted molar refractivity (Wildman–Crippen MR) is 133 cm³/mol. The van der Waals surface area contributed by atoms with Gasteiger partial charge in [-0.15, -0.1) is 0 Å². The highest BCUT2D eigenvalue weighted by atomic mass is 35.5. The lowest BCUT2D eigenvalue weighted by Gasteiger charge is -2.29. The number of primary amides is 1. The number of nitrogens with two attached hydrogens (primary N) is 1. The number of ether oxygens (including phenoxy) is 3. The summed E-state index contributed by atoms with van der Waals surface area (Å²) in [5.41, 5.74) is 4.95. The molecule has 1 fully saturated rings. The lowest BCUT2D eigenvalue weighted by Crippen LogP contribution is -2.43. The Labute approximate surface area is 220 Å². The van der Waals surface area contributed by atoms with Gasteiger partial charge in [-0.3, -0.25) is 14.2 Å². The molecule has 11 nitrogen and oxygen atoms in total. The van der Waals surface area contributed by atoms with Crippen LogP contribution in [0.3, 0.4) is 0 Å². The SMILES string of the molecule is CNS(=O)(=O)CC1COC(COc2c(F)ccc3nc(C(N)=O)n(Cc4ccc(F)c(Cl)c4)c(=O)c23)CO1. The number of nitrogens with zero attached hydrogens (tertiary/aromatic N) is 2. The van der Waals surface area contributed by atoms with E-state index in [1.807, 2.05) is 0 Å². The van der Waals surface area contributed by atoms with E-state index in [-0.39, 0.29) is 48.0 Å². The number of carbonyl (C=O) groups is 1. The molecule has 1 aromatic heterocycles. The van der Waals surface area contributed by atoms with Gasteiger partial charge in [0.05, 0.1) is 42.2 Å². The molecule has 2 aromatic carbocycles. The van der Waals surface area contributed by atoms with Crippen molar-refractivity contribution in [2.24, 2.45) is 5.73 Å². The number of aromatic nitrogens is 2. The molecule has 15 heteroatoms. The maximum atomic E-state index is 14.9. The zero-order chi connectivity index (χ0) is 27.6. The fourth-order valence-electron chi connectivity index (χ4n) is 3.83. The highest BCUT2D eigenvalue weighted by Gasteiger charge is 2.28. The van der Waals surface area contributed by atoms with Crippen LogP contribution in [0.5, 0.6) is 5.75 Å². The average Bonchev–Trinajstić information content (AvgIpc) is 2.87. The van der Waals surface area contributed by atoms with Gasteiger partial charge >= 0.3 is 0 Å². The maximum Gasteiger partial charge on any atom is 0.284 e. The largest absolute Gasteiger partial charge is 0.487 e. The second kappa shape index (κ2) is 11.3. The van der Waals surface area contributed by atoms with Gasteiger partial charge < -0.3 is 19.9 Å². The number of fused-ring (bicyclic) bond motifs is 1. The first-order valence-electron chi connectivity index (χ1n) is 11.2. The standard InChI is InChI=1S/C23H23ClF2N4O7S/c1-28-38(33,34)11-14-10-35-13(8-36-14)9-37-20-17(26)4-5-18-19(20)23(32)30(22(29-18)21(27)31)7-12-2-3-16(25)15(24)6-12/h2-6,13-14,28H,7-11H2,1H3,(H2,27,31). The van der Waals surface area contributed by atoms with Crippen molar-refractivity contribution in [1.29, 1.82) is 0 Å². The third kappa shape index (κ3) is 6.10. The van der Waals surface area contributed by atoms with Gasteiger partial charge in [0.2, 0.25) is 15.8 Å². The summed E-state index contributed by atoms with van der Waals surface area (Å²) in [6.45, 7) is -0.558. The summed E-state index contributed by atoms with van der Waals surface area (Å²) in [7, 11) is -2.22. The third-order valence-corrected chi connectivity index (χ3v) is 7.46. The number of hydrogen-bond donors (Lipinski definition) is 2. The first kappa shape index (κ1) is 27.9. The van der Waals surface area contributed by atoms with Crippen LogP contribution in [0.25, 0.3) is 10.9 Å². The molecule has 1 saturated heterocycles. The number of rotatable bonds is 9. The Bertz CT molecular complexity index is 1540. The van der Waals surface area contributed by atoms with Gasteiger partial charge in [0.1, 0.15) is 23.9 Å². The highest BCUT2D eigenvalue weighted by molar-refractivity contribution is 7.89. The van der Waals surface area contributed by atoms with Gasteiger partial charge in [-0.2, -0.15) is 0 Å². The smallest absolute Gasteiger partial charge is 0.284 e. The Kier molecular flexibility index (Phi) is 8.28. The fraction of sp³-hybridized carbons (Fsp3) is 0.348. The van der Waals surface area contributed by atoms with Gasteiger partial charge in [0, 0.05) is 0 Å². The molecule has 2 heterocycles. The van der Waals surface area contributed by atoms with Crippen LogP contribution in [-0.4, -0.2) is 68.7 Å². The number of nitrogens with one attached hydrogen (secondary N) is 1. The molecule has 2 unspecified atom stereocenters. The van der Waals surface area contributed by atoms with E-state index >= 15 is 0 Å². The monoisotopic (exact) mass is 572 g/mol. The second-order valence-corrected chi connectivity index (χ2v) is 10.8. The van der Waals surface area contributed by atoms with Crippen LogP contribution in [0, 0.1) is 11.6 Å². The van der Waals surface area contributed by atoms with Crippen LogP contribution < -0.4 is 20.8 Å². The van der Waals surface area contributed by atoms with Crippen molar-refractivity contribution in [2.45, 2.75) is 18.8 Å². The van der Waals surface area contributed by atoms with E-state index in [4.69, 9.17) is 31.5 Å². The number of sulfonamides is 1. The highest BCUT2D eigenvalue weighted by Crippen LogP contribution is 2.27. The van der Waals surface area contributed by atoms with Crippen molar-refractivity contribution in [3.8, 4) is 5.75 Å². The summed E-state index contributed by atoms with van der Waals surface area (Å²) in [5.74, 6) is -3.66. The van der Waals surface area contributed by atoms with Crippen LogP contribution in [0.15, 0.2) is 35.1 Å². The molecule has 0 spiro atoms. The Morgan fingerprint density at radius 1 is 1.21 bits per heavy atom. The third-order valence-electron chi connectivity index (χ3n) is 5.74. The van der Waals surface area contributed by atoms with E-state index in [9.17, 15) is 26.8 Å². The van der Waals surface area contributed by atoms with Crippen molar-refractivity contribution >= 4 is 38.4 Å². The Morgan fingerprint density at radius 3 is 2.53 bits per heavy atom. The van der Waals surface area contributed by atoms with Gasteiger partial charge in [-0.1, -0.05) is 17.7 Å². The normalized spacial score (nSPS) is 18.0. The van der Waals surface area contributed by atoms with E-state index in [1.54, 1.807) is 0 Å². The summed E-state index contributed by atoms with van der Waals surface area (Å²) >= 11 is 5.83. The zero-order valence-corrected chi connectivity index (χ0v) is 21.5. The molecule has 3 N–H and O–H groups in total. The quantitative estimate of drug-likeness (QED) is 0.388. The summed E-state index contributed by atoms with van der Waals surface area (Å²) in [6, 6.07) is 5.96. The van der Waals surface area contributed by atoms with E-state index in [1.165, 1.54) is 25.2 Å². The van der Waals surface area contributed by atoms with Crippen LogP contribution >= 0.6 is 11.6 Å². The maximum absolute atomic E-state index is 14.9. The minimum atomic E-state index is -3.51. The molecule has 204 valence electrons. The number of carbonyl (C=O) groups excluding carboxylic acids is 1. The number of amides is 1. The molecule has 1 aliphatic heterocycles. The summed E-state index contributed by atoms with van der Waals surface area (Å²) in [5, 5.41) is -0.446. The Hall–Kier alpha value is -3.17. The Balaban J connectivity index is 1.61. The topological polar surface area (TPSA) is 152 Å². The number of halogens is 3. The lowest BCUT2D eigenvalue weighted by atomic mass is 10.2. The van der Waals surface area contributed by atoms with E-state index in [0.717, 1.165) is 16.7 Å². The van der Waals surface area contributed by atoms with E-state index in [2.05, 4.69) is 9.71 Å². The zero-order valence-electron chi connectivity index (χ0n) is 19.9. The van der Waals surface area contributed by atoms with Gasteiger partial charge in [0.15, 0.2) is 11.6 Å². The molecule has 38 heavy (non-hydrogen) atoms. The second-order valence-electron chi connectivity index (χ2n) is 8.42. The molecule has 0 bridgehead atoms. The van der Waals surface area contributed by atoms with Crippen LogP contribution in [-0.2, 0) is 26.0 Å². The average molecular weight is 573 g/mol. The van der Waals surface area contributed by atoms with Gasteiger partial charge in [-0.25, -0.2) is 26.9 Å². The van der Waals surface area contributed by atoms with Crippen molar-refractivity contribution in [1.82, 2.24) is 14.3 Å². The first-order chi connectivity index (χ1) is 18.0. The van der Waals surface area contributed by atoms with Crippen LogP contribution in [0.4, 0.5) is 8.78 Å². The Morgan fingerprint density at radius 2 is 1.89 bits per heavy atom. The van der Waals surface area contributed by atoms with Crippen LogP contribution in [0.1, 0.15) is 16.2 Å². The minimum absolute atomic E-state index is 0.0318. The minimum Gasteiger partial charge on any atom is -0.487 e. The molecule has 4 rings (SSSR count). The van der Waals surface area contributed by atoms with Crippen molar-refractivity contribution < 1.29 is 36.2 Å². The fourth-order valence-corrected chi connectivity index (χ4v) is 4.88. The molecule has 3 aromatic rings. The molecule has 1 amide bonds.